The van der Waals surface area contributed by atoms with Gasteiger partial charge >= 0.3 is 0 Å². The number of pyridine rings is 1. The predicted molar refractivity (Wildman–Crippen MR) is 93.9 cm³/mol. The Balaban J connectivity index is 2.17. The zero-order valence-electron chi connectivity index (χ0n) is 12.7. The van der Waals surface area contributed by atoms with Gasteiger partial charge in [0.05, 0.1) is 11.6 Å². The van der Waals surface area contributed by atoms with Gasteiger partial charge in [-0.15, -0.1) is 0 Å². The second kappa shape index (κ2) is 6.49. The van der Waals surface area contributed by atoms with Crippen LogP contribution >= 0.6 is 27.5 Å². The van der Waals surface area contributed by atoms with Crippen LogP contribution in [0.3, 0.4) is 0 Å². The highest BCUT2D eigenvalue weighted by Gasteiger charge is 2.23. The van der Waals surface area contributed by atoms with E-state index < -0.39 is 5.82 Å². The molecule has 3 rings (SSSR count). The number of fused-ring (bicyclic) bond motifs is 1. The van der Waals surface area contributed by atoms with Gasteiger partial charge in [0, 0.05) is 33.7 Å². The van der Waals surface area contributed by atoms with E-state index >= 15 is 0 Å². The zero-order valence-corrected chi connectivity index (χ0v) is 15.0. The summed E-state index contributed by atoms with van der Waals surface area (Å²) < 4.78 is 20.5. The highest BCUT2D eigenvalue weighted by molar-refractivity contribution is 9.10. The van der Waals surface area contributed by atoms with Gasteiger partial charge in [0.2, 0.25) is 0 Å². The Bertz CT molecular complexity index is 865. The lowest BCUT2D eigenvalue weighted by Gasteiger charge is -2.18. The molecule has 23 heavy (non-hydrogen) atoms. The molecule has 0 spiro atoms. The van der Waals surface area contributed by atoms with E-state index in [1.807, 2.05) is 26.1 Å². The van der Waals surface area contributed by atoms with Crippen LogP contribution in [0.15, 0.2) is 35.1 Å². The van der Waals surface area contributed by atoms with E-state index in [-0.39, 0.29) is 10.9 Å². The smallest absolute Gasteiger partial charge is 0.142 e. The normalized spacial score (nSPS) is 12.6. The van der Waals surface area contributed by atoms with Crippen molar-refractivity contribution in [3.63, 3.8) is 0 Å². The summed E-state index contributed by atoms with van der Waals surface area (Å²) in [6.07, 6.45) is 3.61. The maximum atomic E-state index is 14.0. The quantitative estimate of drug-likeness (QED) is 0.616. The minimum absolute atomic E-state index is 0.0979. The molecule has 0 aliphatic heterocycles. The number of hydrogen-bond donors (Lipinski definition) is 1. The second-order valence-electron chi connectivity index (χ2n) is 5.22. The summed E-state index contributed by atoms with van der Waals surface area (Å²) in [6, 6.07) is 4.94. The number of aromatic nitrogens is 2. The first-order valence-electron chi connectivity index (χ1n) is 7.26. The third-order valence-corrected chi connectivity index (χ3v) is 4.64. The molecule has 0 unspecified atom stereocenters. The molecule has 0 amide bonds. The average Bonchev–Trinajstić information content (AvgIpc) is 2.94. The van der Waals surface area contributed by atoms with Gasteiger partial charge < -0.3 is 9.72 Å². The van der Waals surface area contributed by atoms with Gasteiger partial charge in [0.25, 0.3) is 0 Å². The number of nitrogens with one attached hydrogen (secondary N) is 1. The molecule has 2 heterocycles. The Morgan fingerprint density at radius 3 is 2.96 bits per heavy atom. The summed E-state index contributed by atoms with van der Waals surface area (Å²) in [5.41, 5.74) is 2.41. The lowest BCUT2D eigenvalue weighted by Crippen LogP contribution is -2.04. The number of H-pyrrole nitrogens is 1. The molecular weight excluding hydrogens is 383 g/mol. The molecule has 3 aromatic rings. The molecule has 0 saturated carbocycles. The third-order valence-electron chi connectivity index (χ3n) is 3.82. The number of rotatable bonds is 4. The molecule has 0 fully saturated rings. The maximum Gasteiger partial charge on any atom is 0.142 e. The van der Waals surface area contributed by atoms with Gasteiger partial charge in [-0.05, 0) is 46.6 Å². The fraction of sp³-hybridized carbons (Fsp3) is 0.235. The van der Waals surface area contributed by atoms with Crippen molar-refractivity contribution in [2.45, 2.75) is 19.8 Å². The summed E-state index contributed by atoms with van der Waals surface area (Å²) >= 11 is 9.67. The summed E-state index contributed by atoms with van der Waals surface area (Å²) in [7, 11) is 0. The van der Waals surface area contributed by atoms with Crippen molar-refractivity contribution >= 4 is 38.6 Å². The SMILES string of the molecule is CCOc1ccc(F)c(Cl)c1[C@@H](C)c1c[nH]c2ncc(Br)cc12. The van der Waals surface area contributed by atoms with Gasteiger partial charge in [-0.25, -0.2) is 9.37 Å². The van der Waals surface area contributed by atoms with E-state index in [0.717, 1.165) is 21.1 Å². The van der Waals surface area contributed by atoms with Gasteiger partial charge in [0.15, 0.2) is 0 Å². The molecule has 1 atom stereocenters. The maximum absolute atomic E-state index is 14.0. The van der Waals surface area contributed by atoms with Crippen LogP contribution in [0.5, 0.6) is 5.75 Å². The van der Waals surface area contributed by atoms with Crippen LogP contribution in [-0.4, -0.2) is 16.6 Å². The number of nitrogens with zero attached hydrogens (tertiary/aromatic N) is 1. The Morgan fingerprint density at radius 2 is 2.22 bits per heavy atom. The van der Waals surface area contributed by atoms with E-state index in [1.165, 1.54) is 6.07 Å². The fourth-order valence-corrected chi connectivity index (χ4v) is 3.40. The summed E-state index contributed by atoms with van der Waals surface area (Å²) in [4.78, 5) is 7.48. The van der Waals surface area contributed by atoms with Crippen molar-refractivity contribution in [1.29, 1.82) is 0 Å². The lowest BCUT2D eigenvalue weighted by molar-refractivity contribution is 0.335. The van der Waals surface area contributed by atoms with Crippen LogP contribution in [0.4, 0.5) is 4.39 Å². The predicted octanol–water partition coefficient (Wildman–Crippen LogP) is 5.67. The van der Waals surface area contributed by atoms with E-state index in [2.05, 4.69) is 25.9 Å². The molecular formula is C17H15BrClFN2O. The highest BCUT2D eigenvalue weighted by Crippen LogP contribution is 2.40. The van der Waals surface area contributed by atoms with Gasteiger partial charge in [-0.2, -0.15) is 0 Å². The number of hydrogen-bond acceptors (Lipinski definition) is 2. The van der Waals surface area contributed by atoms with E-state index in [0.29, 0.717) is 17.9 Å². The molecule has 0 aliphatic rings. The summed E-state index contributed by atoms with van der Waals surface area (Å²) in [5.74, 6) is 0.00409. The van der Waals surface area contributed by atoms with Crippen molar-refractivity contribution in [2.75, 3.05) is 6.61 Å². The van der Waals surface area contributed by atoms with Crippen molar-refractivity contribution < 1.29 is 9.13 Å². The molecule has 1 N–H and O–H groups in total. The Hall–Kier alpha value is -1.59. The van der Waals surface area contributed by atoms with E-state index in [1.54, 1.807) is 12.3 Å². The number of aromatic amines is 1. The summed E-state index contributed by atoms with van der Waals surface area (Å²) in [5, 5.41) is 1.07. The van der Waals surface area contributed by atoms with Crippen LogP contribution in [0.2, 0.25) is 5.02 Å². The van der Waals surface area contributed by atoms with E-state index in [9.17, 15) is 4.39 Å². The molecule has 0 bridgehead atoms. The minimum atomic E-state index is -0.448. The standard InChI is InChI=1S/C17H15BrClFN2O/c1-3-23-14-5-4-13(20)16(19)15(14)9(2)12-8-22-17-11(12)6-10(18)7-21-17/h4-9H,3H2,1-2H3,(H,21,22)/t9-/m0/s1. The van der Waals surface area contributed by atoms with Crippen molar-refractivity contribution in [2.24, 2.45) is 0 Å². The van der Waals surface area contributed by atoms with Crippen molar-refractivity contribution in [1.82, 2.24) is 9.97 Å². The second-order valence-corrected chi connectivity index (χ2v) is 6.52. The van der Waals surface area contributed by atoms with Crippen LogP contribution in [0.1, 0.15) is 30.9 Å². The first-order chi connectivity index (χ1) is 11.0. The molecule has 3 nitrogen and oxygen atoms in total. The zero-order chi connectivity index (χ0) is 16.6. The molecule has 0 aliphatic carbocycles. The van der Waals surface area contributed by atoms with E-state index in [4.69, 9.17) is 16.3 Å². The lowest BCUT2D eigenvalue weighted by atomic mass is 9.92. The molecule has 1 aromatic carbocycles. The Kier molecular flexibility index (Phi) is 4.60. The fourth-order valence-electron chi connectivity index (χ4n) is 2.75. The number of halogens is 3. The average molecular weight is 398 g/mol. The van der Waals surface area contributed by atoms with Crippen molar-refractivity contribution in [3.8, 4) is 5.75 Å². The molecule has 2 aromatic heterocycles. The first-order valence-corrected chi connectivity index (χ1v) is 8.43. The monoisotopic (exact) mass is 396 g/mol. The Morgan fingerprint density at radius 1 is 1.43 bits per heavy atom. The van der Waals surface area contributed by atoms with Gasteiger partial charge in [-0.3, -0.25) is 0 Å². The largest absolute Gasteiger partial charge is 0.494 e. The summed E-state index contributed by atoms with van der Waals surface area (Å²) in [6.45, 7) is 4.35. The van der Waals surface area contributed by atoms with Crippen LogP contribution in [-0.2, 0) is 0 Å². The van der Waals surface area contributed by atoms with Crippen LogP contribution < -0.4 is 4.74 Å². The third kappa shape index (κ3) is 2.95. The molecule has 120 valence electrons. The van der Waals surface area contributed by atoms with Gasteiger partial charge in [-0.1, -0.05) is 18.5 Å². The first kappa shape index (κ1) is 16.3. The van der Waals surface area contributed by atoms with Crippen molar-refractivity contribution in [3.05, 3.63) is 57.0 Å². The number of ether oxygens (including phenoxy) is 1. The highest BCUT2D eigenvalue weighted by atomic mass is 79.9. The Labute approximate surface area is 147 Å². The van der Waals surface area contributed by atoms with Gasteiger partial charge in [0.1, 0.15) is 17.2 Å². The van der Waals surface area contributed by atoms with Crippen LogP contribution in [0.25, 0.3) is 11.0 Å². The van der Waals surface area contributed by atoms with Crippen LogP contribution in [0, 0.1) is 5.82 Å². The minimum Gasteiger partial charge on any atom is -0.494 e. The molecule has 6 heteroatoms. The molecule has 0 saturated heterocycles. The molecule has 0 radical (unpaired) electrons. The topological polar surface area (TPSA) is 37.9 Å². The number of benzene rings is 1.